The van der Waals surface area contributed by atoms with E-state index in [0.717, 1.165) is 5.56 Å². The summed E-state index contributed by atoms with van der Waals surface area (Å²) in [6.45, 7) is 2.75. The second kappa shape index (κ2) is 5.54. The maximum Gasteiger partial charge on any atom is 0.279 e. The van der Waals surface area contributed by atoms with E-state index in [9.17, 15) is 8.42 Å². The van der Waals surface area contributed by atoms with Crippen molar-refractivity contribution in [3.05, 3.63) is 30.1 Å². The third kappa shape index (κ3) is 3.47. The monoisotopic (exact) mass is 256 g/mol. The van der Waals surface area contributed by atoms with Crippen molar-refractivity contribution in [3.63, 3.8) is 0 Å². The summed E-state index contributed by atoms with van der Waals surface area (Å²) in [5.41, 5.74) is 0.902. The van der Waals surface area contributed by atoms with E-state index in [1.807, 2.05) is 0 Å². The van der Waals surface area contributed by atoms with Crippen LogP contribution >= 0.6 is 0 Å². The number of piperazine rings is 1. The van der Waals surface area contributed by atoms with Gasteiger partial charge in [-0.1, -0.05) is 0 Å². The first kappa shape index (κ1) is 12.4. The first-order chi connectivity index (χ1) is 8.18. The van der Waals surface area contributed by atoms with Gasteiger partial charge in [0.1, 0.15) is 0 Å². The van der Waals surface area contributed by atoms with E-state index in [-0.39, 0.29) is 0 Å². The molecule has 0 unspecified atom stereocenters. The van der Waals surface area contributed by atoms with Gasteiger partial charge in [0.05, 0.1) is 0 Å². The van der Waals surface area contributed by atoms with Crippen molar-refractivity contribution in [2.45, 2.75) is 6.54 Å². The number of aromatic nitrogens is 1. The van der Waals surface area contributed by atoms with E-state index >= 15 is 0 Å². The maximum atomic E-state index is 11.9. The van der Waals surface area contributed by atoms with Gasteiger partial charge in [0.25, 0.3) is 10.2 Å². The van der Waals surface area contributed by atoms with Crippen molar-refractivity contribution in [2.24, 2.45) is 0 Å². The SMILES string of the molecule is O=S(=O)(NCc1ccncc1)N1CCNCC1. The molecular formula is C10H16N4O2S. The lowest BCUT2D eigenvalue weighted by Gasteiger charge is -2.26. The fourth-order valence-electron chi connectivity index (χ4n) is 1.65. The molecule has 94 valence electrons. The minimum Gasteiger partial charge on any atom is -0.314 e. The quantitative estimate of drug-likeness (QED) is 0.748. The Bertz CT molecular complexity index is 443. The van der Waals surface area contributed by atoms with E-state index < -0.39 is 10.2 Å². The zero-order valence-corrected chi connectivity index (χ0v) is 10.3. The topological polar surface area (TPSA) is 74.3 Å². The second-order valence-electron chi connectivity index (χ2n) is 3.83. The Morgan fingerprint density at radius 2 is 1.94 bits per heavy atom. The molecule has 0 amide bonds. The molecule has 1 aliphatic heterocycles. The van der Waals surface area contributed by atoms with Crippen LogP contribution in [0.3, 0.4) is 0 Å². The number of nitrogens with zero attached hydrogens (tertiary/aromatic N) is 2. The predicted molar refractivity (Wildman–Crippen MR) is 64.4 cm³/mol. The third-order valence-corrected chi connectivity index (χ3v) is 4.18. The highest BCUT2D eigenvalue weighted by atomic mass is 32.2. The molecule has 1 saturated heterocycles. The highest BCUT2D eigenvalue weighted by Gasteiger charge is 2.22. The van der Waals surface area contributed by atoms with Gasteiger partial charge in [0.15, 0.2) is 0 Å². The van der Waals surface area contributed by atoms with Gasteiger partial charge in [-0.2, -0.15) is 17.4 Å². The van der Waals surface area contributed by atoms with Gasteiger partial charge in [0.2, 0.25) is 0 Å². The van der Waals surface area contributed by atoms with Crippen LogP contribution in [-0.2, 0) is 16.8 Å². The molecule has 1 aromatic heterocycles. The van der Waals surface area contributed by atoms with Crippen LogP contribution in [0, 0.1) is 0 Å². The van der Waals surface area contributed by atoms with E-state index in [1.54, 1.807) is 24.5 Å². The van der Waals surface area contributed by atoms with Gasteiger partial charge in [-0.15, -0.1) is 0 Å². The number of pyridine rings is 1. The molecule has 0 spiro atoms. The van der Waals surface area contributed by atoms with Crippen LogP contribution in [0.5, 0.6) is 0 Å². The Kier molecular flexibility index (Phi) is 4.06. The number of hydrogen-bond acceptors (Lipinski definition) is 4. The highest BCUT2D eigenvalue weighted by molar-refractivity contribution is 7.87. The zero-order chi connectivity index (χ0) is 12.1. The molecule has 0 atom stereocenters. The largest absolute Gasteiger partial charge is 0.314 e. The molecule has 0 bridgehead atoms. The van der Waals surface area contributed by atoms with Gasteiger partial charge >= 0.3 is 0 Å². The highest BCUT2D eigenvalue weighted by Crippen LogP contribution is 2.02. The van der Waals surface area contributed by atoms with Crippen molar-refractivity contribution in [1.82, 2.24) is 19.3 Å². The Morgan fingerprint density at radius 3 is 2.59 bits per heavy atom. The molecule has 6 nitrogen and oxygen atoms in total. The Labute approximate surface area is 101 Å². The minimum atomic E-state index is -3.36. The Balaban J connectivity index is 1.93. The standard InChI is InChI=1S/C10H16N4O2S/c15-17(16,14-7-5-12-6-8-14)13-9-10-1-3-11-4-2-10/h1-4,12-13H,5-9H2. The molecule has 0 aliphatic carbocycles. The average molecular weight is 256 g/mol. The smallest absolute Gasteiger partial charge is 0.279 e. The molecule has 17 heavy (non-hydrogen) atoms. The summed E-state index contributed by atoms with van der Waals surface area (Å²) in [6, 6.07) is 3.58. The summed E-state index contributed by atoms with van der Waals surface area (Å²) in [4.78, 5) is 3.88. The van der Waals surface area contributed by atoms with Crippen molar-refractivity contribution in [2.75, 3.05) is 26.2 Å². The number of hydrogen-bond donors (Lipinski definition) is 2. The fraction of sp³-hybridized carbons (Fsp3) is 0.500. The fourth-order valence-corrected chi connectivity index (χ4v) is 2.85. The summed E-state index contributed by atoms with van der Waals surface area (Å²) < 4.78 is 27.9. The molecular weight excluding hydrogens is 240 g/mol. The Hall–Kier alpha value is -1.02. The molecule has 1 fully saturated rings. The lowest BCUT2D eigenvalue weighted by molar-refractivity contribution is 0.354. The maximum absolute atomic E-state index is 11.9. The molecule has 0 aromatic carbocycles. The van der Waals surface area contributed by atoms with E-state index in [0.29, 0.717) is 32.7 Å². The van der Waals surface area contributed by atoms with Crippen LogP contribution in [0.4, 0.5) is 0 Å². The van der Waals surface area contributed by atoms with Crippen LogP contribution in [-0.4, -0.2) is 43.9 Å². The predicted octanol–water partition coefficient (Wildman–Crippen LogP) is -0.679. The van der Waals surface area contributed by atoms with Crippen LogP contribution in [0.1, 0.15) is 5.56 Å². The van der Waals surface area contributed by atoms with Gasteiger partial charge < -0.3 is 5.32 Å². The van der Waals surface area contributed by atoms with E-state index in [1.165, 1.54) is 4.31 Å². The molecule has 7 heteroatoms. The Morgan fingerprint density at radius 1 is 1.29 bits per heavy atom. The average Bonchev–Trinajstić information content (AvgIpc) is 2.39. The minimum absolute atomic E-state index is 0.300. The summed E-state index contributed by atoms with van der Waals surface area (Å²) in [5, 5.41) is 3.12. The molecule has 2 rings (SSSR count). The molecule has 1 aromatic rings. The number of rotatable bonds is 4. The van der Waals surface area contributed by atoms with Crippen LogP contribution < -0.4 is 10.0 Å². The first-order valence-corrected chi connectivity index (χ1v) is 6.97. The number of nitrogens with one attached hydrogen (secondary N) is 2. The molecule has 1 aliphatic rings. The van der Waals surface area contributed by atoms with Crippen molar-refractivity contribution < 1.29 is 8.42 Å². The molecule has 2 heterocycles. The van der Waals surface area contributed by atoms with Gasteiger partial charge in [-0.05, 0) is 17.7 Å². The lowest BCUT2D eigenvalue weighted by Crippen LogP contribution is -2.50. The lowest BCUT2D eigenvalue weighted by atomic mass is 10.3. The second-order valence-corrected chi connectivity index (χ2v) is 5.59. The van der Waals surface area contributed by atoms with E-state index in [4.69, 9.17) is 0 Å². The molecule has 2 N–H and O–H groups in total. The molecule has 0 saturated carbocycles. The van der Waals surface area contributed by atoms with Crippen molar-refractivity contribution in [1.29, 1.82) is 0 Å². The normalized spacial score (nSPS) is 18.1. The van der Waals surface area contributed by atoms with Crippen LogP contribution in [0.25, 0.3) is 0 Å². The van der Waals surface area contributed by atoms with E-state index in [2.05, 4.69) is 15.0 Å². The van der Waals surface area contributed by atoms with Crippen LogP contribution in [0.2, 0.25) is 0 Å². The van der Waals surface area contributed by atoms with Crippen LogP contribution in [0.15, 0.2) is 24.5 Å². The van der Waals surface area contributed by atoms with Crippen molar-refractivity contribution in [3.8, 4) is 0 Å². The summed E-state index contributed by atoms with van der Waals surface area (Å²) in [6.07, 6.45) is 3.29. The summed E-state index contributed by atoms with van der Waals surface area (Å²) in [7, 11) is -3.36. The summed E-state index contributed by atoms with van der Waals surface area (Å²) >= 11 is 0. The van der Waals surface area contributed by atoms with Gasteiger partial charge in [0, 0.05) is 45.1 Å². The first-order valence-electron chi connectivity index (χ1n) is 5.53. The zero-order valence-electron chi connectivity index (χ0n) is 9.46. The third-order valence-electron chi connectivity index (χ3n) is 2.62. The van der Waals surface area contributed by atoms with Gasteiger partial charge in [-0.25, -0.2) is 0 Å². The van der Waals surface area contributed by atoms with Gasteiger partial charge in [-0.3, -0.25) is 4.98 Å². The molecule has 0 radical (unpaired) electrons. The summed E-state index contributed by atoms with van der Waals surface area (Å²) in [5.74, 6) is 0. The van der Waals surface area contributed by atoms with Crippen molar-refractivity contribution >= 4 is 10.2 Å².